The second kappa shape index (κ2) is 7.10. The first-order chi connectivity index (χ1) is 12.6. The van der Waals surface area contributed by atoms with Crippen LogP contribution in [0.15, 0.2) is 24.3 Å². The van der Waals surface area contributed by atoms with Crippen LogP contribution in [0.2, 0.25) is 0 Å². The van der Waals surface area contributed by atoms with Crippen LogP contribution in [-0.2, 0) is 4.79 Å². The Labute approximate surface area is 155 Å². The van der Waals surface area contributed by atoms with E-state index in [0.717, 1.165) is 70.3 Å². The number of piperidine rings is 1. The standard InChI is InChI=1S/C21H30N2O3/c1-26-19-9-5-16(6-10-19)22-13-2-11-21(15-22)12-14-23(20(21)25)17-3-7-18(24)8-4-17/h5-6,9-10,17-18,24H,2-4,7-8,11-15H2,1H3/t17-,18-,21-/m0/s1. The summed E-state index contributed by atoms with van der Waals surface area (Å²) in [5.74, 6) is 1.22. The zero-order chi connectivity index (χ0) is 18.1. The molecule has 1 N–H and O–H groups in total. The Balaban J connectivity index is 1.46. The summed E-state index contributed by atoms with van der Waals surface area (Å²) >= 11 is 0. The number of anilines is 1. The average Bonchev–Trinajstić information content (AvgIpc) is 2.98. The van der Waals surface area contributed by atoms with E-state index < -0.39 is 0 Å². The Hall–Kier alpha value is -1.75. The van der Waals surface area contributed by atoms with E-state index in [4.69, 9.17) is 4.74 Å². The molecule has 0 radical (unpaired) electrons. The first-order valence-electron chi connectivity index (χ1n) is 9.99. The molecular formula is C21H30N2O3. The van der Waals surface area contributed by atoms with Crippen LogP contribution in [0.5, 0.6) is 5.75 Å². The minimum atomic E-state index is -0.214. The summed E-state index contributed by atoms with van der Waals surface area (Å²) in [7, 11) is 1.68. The Bertz CT molecular complexity index is 639. The van der Waals surface area contributed by atoms with Crippen LogP contribution >= 0.6 is 0 Å². The van der Waals surface area contributed by atoms with E-state index in [2.05, 4.69) is 21.9 Å². The van der Waals surface area contributed by atoms with Crippen molar-refractivity contribution in [3.63, 3.8) is 0 Å². The lowest BCUT2D eigenvalue weighted by Gasteiger charge is -2.41. The van der Waals surface area contributed by atoms with Crippen LogP contribution in [0.4, 0.5) is 5.69 Å². The average molecular weight is 358 g/mol. The minimum absolute atomic E-state index is 0.168. The van der Waals surface area contributed by atoms with Crippen LogP contribution in [0, 0.1) is 5.41 Å². The summed E-state index contributed by atoms with van der Waals surface area (Å²) in [4.78, 5) is 17.9. The van der Waals surface area contributed by atoms with Crippen LogP contribution in [0.1, 0.15) is 44.9 Å². The Morgan fingerprint density at radius 2 is 1.81 bits per heavy atom. The highest BCUT2D eigenvalue weighted by atomic mass is 16.5. The van der Waals surface area contributed by atoms with E-state index in [9.17, 15) is 9.90 Å². The highest BCUT2D eigenvalue weighted by Gasteiger charge is 2.50. The third kappa shape index (κ3) is 3.18. The fourth-order valence-electron chi connectivity index (χ4n) is 5.09. The van der Waals surface area contributed by atoms with Gasteiger partial charge in [0.15, 0.2) is 0 Å². The number of amides is 1. The zero-order valence-corrected chi connectivity index (χ0v) is 15.7. The van der Waals surface area contributed by atoms with Gasteiger partial charge in [0.05, 0.1) is 18.6 Å². The van der Waals surface area contributed by atoms with Gasteiger partial charge >= 0.3 is 0 Å². The maximum atomic E-state index is 13.4. The Morgan fingerprint density at radius 1 is 1.08 bits per heavy atom. The van der Waals surface area contributed by atoms with Gasteiger partial charge in [-0.05, 0) is 69.2 Å². The third-order valence-corrected chi connectivity index (χ3v) is 6.67. The maximum absolute atomic E-state index is 13.4. The van der Waals surface area contributed by atoms with Crippen molar-refractivity contribution in [1.29, 1.82) is 0 Å². The van der Waals surface area contributed by atoms with Gasteiger partial charge in [0.2, 0.25) is 5.91 Å². The number of ether oxygens (including phenoxy) is 1. The molecule has 2 aliphatic heterocycles. The van der Waals surface area contributed by atoms with Crippen molar-refractivity contribution in [2.24, 2.45) is 5.41 Å². The molecule has 4 rings (SSSR count). The first kappa shape index (κ1) is 17.7. The van der Waals surface area contributed by atoms with E-state index in [1.807, 2.05) is 12.1 Å². The van der Waals surface area contributed by atoms with Gasteiger partial charge in [0, 0.05) is 31.4 Å². The van der Waals surface area contributed by atoms with Crippen molar-refractivity contribution < 1.29 is 14.6 Å². The van der Waals surface area contributed by atoms with E-state index in [0.29, 0.717) is 11.9 Å². The van der Waals surface area contributed by atoms with Crippen molar-refractivity contribution in [3.8, 4) is 5.75 Å². The molecule has 142 valence electrons. The summed E-state index contributed by atoms with van der Waals surface area (Å²) in [6, 6.07) is 8.51. The fraction of sp³-hybridized carbons (Fsp3) is 0.667. The molecule has 2 saturated heterocycles. The largest absolute Gasteiger partial charge is 0.497 e. The number of carbonyl (C=O) groups is 1. The molecular weight excluding hydrogens is 328 g/mol. The second-order valence-electron chi connectivity index (χ2n) is 8.21. The van der Waals surface area contributed by atoms with E-state index in [1.54, 1.807) is 7.11 Å². The van der Waals surface area contributed by atoms with Gasteiger partial charge in [-0.1, -0.05) is 0 Å². The lowest BCUT2D eigenvalue weighted by Crippen LogP contribution is -2.50. The number of hydrogen-bond donors (Lipinski definition) is 1. The van der Waals surface area contributed by atoms with Crippen molar-refractivity contribution in [3.05, 3.63) is 24.3 Å². The molecule has 3 aliphatic rings. The summed E-state index contributed by atoms with van der Waals surface area (Å²) < 4.78 is 5.26. The van der Waals surface area contributed by atoms with Crippen molar-refractivity contribution in [1.82, 2.24) is 4.90 Å². The zero-order valence-electron chi connectivity index (χ0n) is 15.7. The van der Waals surface area contributed by atoms with Crippen LogP contribution in [0.25, 0.3) is 0 Å². The van der Waals surface area contributed by atoms with Crippen molar-refractivity contribution >= 4 is 11.6 Å². The highest BCUT2D eigenvalue weighted by molar-refractivity contribution is 5.86. The summed E-state index contributed by atoms with van der Waals surface area (Å²) in [5, 5.41) is 9.76. The summed E-state index contributed by atoms with van der Waals surface area (Å²) in [6.07, 6.45) is 6.43. The molecule has 3 fully saturated rings. The van der Waals surface area contributed by atoms with Crippen LogP contribution in [-0.4, -0.2) is 54.8 Å². The maximum Gasteiger partial charge on any atom is 0.230 e. The number of nitrogens with zero attached hydrogens (tertiary/aromatic N) is 2. The molecule has 0 unspecified atom stereocenters. The van der Waals surface area contributed by atoms with Gasteiger partial charge in [-0.15, -0.1) is 0 Å². The third-order valence-electron chi connectivity index (χ3n) is 6.67. The van der Waals surface area contributed by atoms with Crippen LogP contribution in [0.3, 0.4) is 0 Å². The van der Waals surface area contributed by atoms with Gasteiger partial charge in [-0.25, -0.2) is 0 Å². The number of rotatable bonds is 3. The van der Waals surface area contributed by atoms with Gasteiger partial charge in [-0.3, -0.25) is 4.79 Å². The van der Waals surface area contributed by atoms with Crippen molar-refractivity contribution in [2.75, 3.05) is 31.6 Å². The molecule has 5 nitrogen and oxygen atoms in total. The molecule has 1 aromatic rings. The normalized spacial score (nSPS) is 32.3. The molecule has 0 bridgehead atoms. The number of aliphatic hydroxyl groups excluding tert-OH is 1. The number of aliphatic hydroxyl groups is 1. The van der Waals surface area contributed by atoms with E-state index in [-0.39, 0.29) is 11.5 Å². The van der Waals surface area contributed by atoms with E-state index in [1.165, 1.54) is 5.69 Å². The molecule has 2 heterocycles. The fourth-order valence-corrected chi connectivity index (χ4v) is 5.09. The lowest BCUT2D eigenvalue weighted by atomic mass is 9.78. The topological polar surface area (TPSA) is 53.0 Å². The van der Waals surface area contributed by atoms with Crippen LogP contribution < -0.4 is 9.64 Å². The number of carbonyl (C=O) groups excluding carboxylic acids is 1. The Kier molecular flexibility index (Phi) is 4.82. The van der Waals surface area contributed by atoms with Crippen molar-refractivity contribution in [2.45, 2.75) is 57.1 Å². The molecule has 1 amide bonds. The van der Waals surface area contributed by atoms with Gasteiger partial charge in [0.25, 0.3) is 0 Å². The number of likely N-dealkylation sites (tertiary alicyclic amines) is 1. The predicted octanol–water partition coefficient (Wildman–Crippen LogP) is 2.82. The van der Waals surface area contributed by atoms with Gasteiger partial charge in [-0.2, -0.15) is 0 Å². The smallest absolute Gasteiger partial charge is 0.230 e. The van der Waals surface area contributed by atoms with E-state index >= 15 is 0 Å². The molecule has 1 aromatic carbocycles. The molecule has 1 aliphatic carbocycles. The van der Waals surface area contributed by atoms with Gasteiger partial charge in [0.1, 0.15) is 5.75 Å². The lowest BCUT2D eigenvalue weighted by molar-refractivity contribution is -0.139. The first-order valence-corrected chi connectivity index (χ1v) is 9.99. The number of hydrogen-bond acceptors (Lipinski definition) is 4. The predicted molar refractivity (Wildman–Crippen MR) is 101 cm³/mol. The summed E-state index contributed by atoms with van der Waals surface area (Å²) in [5.41, 5.74) is 0.964. The molecule has 1 spiro atoms. The highest BCUT2D eigenvalue weighted by Crippen LogP contribution is 2.43. The molecule has 1 atom stereocenters. The molecule has 5 heteroatoms. The minimum Gasteiger partial charge on any atom is -0.497 e. The molecule has 1 saturated carbocycles. The molecule has 26 heavy (non-hydrogen) atoms. The summed E-state index contributed by atoms with van der Waals surface area (Å²) in [6.45, 7) is 2.72. The second-order valence-corrected chi connectivity index (χ2v) is 8.21. The Morgan fingerprint density at radius 3 is 2.50 bits per heavy atom. The van der Waals surface area contributed by atoms with Gasteiger partial charge < -0.3 is 19.6 Å². The monoisotopic (exact) mass is 358 g/mol. The SMILES string of the molecule is COc1ccc(N2CCC[C@]3(CCN([C@H]4CC[C@H](O)CC4)C3=O)C2)cc1. The quantitative estimate of drug-likeness (QED) is 0.903. The number of methoxy groups -OCH3 is 1. The number of benzene rings is 1. The molecule has 0 aromatic heterocycles.